The van der Waals surface area contributed by atoms with E-state index in [1.165, 1.54) is 11.1 Å². The van der Waals surface area contributed by atoms with E-state index in [0.29, 0.717) is 12.3 Å². The molecular weight excluding hydrogens is 426 g/mol. The van der Waals surface area contributed by atoms with Gasteiger partial charge in [-0.25, -0.2) is 9.59 Å². The maximum Gasteiger partial charge on any atom is 0.408 e. The molecule has 0 radical (unpaired) electrons. The van der Waals surface area contributed by atoms with Gasteiger partial charge in [-0.05, 0) is 82.8 Å². The summed E-state index contributed by atoms with van der Waals surface area (Å²) in [5.41, 5.74) is 1.98. The highest BCUT2D eigenvalue weighted by Crippen LogP contribution is 2.33. The Balaban J connectivity index is 1.76. The topological polar surface area (TPSA) is 64.6 Å². The summed E-state index contributed by atoms with van der Waals surface area (Å²) in [6.07, 6.45) is 4.36. The molecule has 184 valence electrons. The zero-order valence-corrected chi connectivity index (χ0v) is 21.0. The monoisotopic (exact) mass is 465 g/mol. The normalized spacial score (nSPS) is 23.7. The number of nitrogens with one attached hydrogen (secondary N) is 1. The minimum atomic E-state index is -0.692. The van der Waals surface area contributed by atoms with Crippen LogP contribution in [0.2, 0.25) is 0 Å². The Morgan fingerprint density at radius 2 is 1.62 bits per heavy atom. The highest BCUT2D eigenvalue weighted by Gasteiger charge is 2.34. The molecule has 5 heteroatoms. The third-order valence-corrected chi connectivity index (χ3v) is 6.50. The van der Waals surface area contributed by atoms with Gasteiger partial charge in [0.25, 0.3) is 0 Å². The van der Waals surface area contributed by atoms with Crippen molar-refractivity contribution < 1.29 is 19.1 Å². The fourth-order valence-electron chi connectivity index (χ4n) is 4.85. The van der Waals surface area contributed by atoms with Crippen LogP contribution in [0.3, 0.4) is 0 Å². The molecule has 34 heavy (non-hydrogen) atoms. The van der Waals surface area contributed by atoms with Crippen molar-refractivity contribution >= 4 is 12.1 Å². The van der Waals surface area contributed by atoms with Crippen LogP contribution in [0.4, 0.5) is 4.79 Å². The number of ether oxygens (including phenoxy) is 2. The number of aryl methyl sites for hydroxylation is 1. The van der Waals surface area contributed by atoms with Crippen LogP contribution in [0.5, 0.6) is 0 Å². The van der Waals surface area contributed by atoms with Crippen molar-refractivity contribution in [1.29, 1.82) is 0 Å². The van der Waals surface area contributed by atoms with Gasteiger partial charge in [0.15, 0.2) is 0 Å². The Morgan fingerprint density at radius 1 is 1.00 bits per heavy atom. The van der Waals surface area contributed by atoms with Crippen molar-refractivity contribution in [2.45, 2.75) is 84.0 Å². The molecule has 0 bridgehead atoms. The van der Waals surface area contributed by atoms with Gasteiger partial charge in [0.2, 0.25) is 0 Å². The Morgan fingerprint density at radius 3 is 2.24 bits per heavy atom. The Labute approximate surface area is 204 Å². The Hall–Kier alpha value is -2.82. The minimum Gasteiger partial charge on any atom is -0.461 e. The number of alkyl carbamates (subject to hydrolysis) is 1. The lowest BCUT2D eigenvalue weighted by Crippen LogP contribution is -2.45. The van der Waals surface area contributed by atoms with E-state index in [4.69, 9.17) is 9.47 Å². The largest absolute Gasteiger partial charge is 0.461 e. The molecule has 1 aliphatic rings. The van der Waals surface area contributed by atoms with E-state index in [1.54, 1.807) is 0 Å². The molecule has 2 aromatic carbocycles. The Kier molecular flexibility index (Phi) is 9.14. The smallest absolute Gasteiger partial charge is 0.408 e. The molecule has 0 spiro atoms. The second kappa shape index (κ2) is 12.0. The molecule has 5 nitrogen and oxygen atoms in total. The molecule has 1 aliphatic heterocycles. The number of hydrogen-bond acceptors (Lipinski definition) is 4. The Bertz CT molecular complexity index is 907. The van der Waals surface area contributed by atoms with Crippen LogP contribution in [-0.2, 0) is 27.1 Å². The van der Waals surface area contributed by atoms with E-state index in [2.05, 4.69) is 53.8 Å². The van der Waals surface area contributed by atoms with Gasteiger partial charge in [-0.1, -0.05) is 67.1 Å². The average Bonchev–Trinajstić information content (AvgIpc) is 2.82. The van der Waals surface area contributed by atoms with E-state index < -0.39 is 17.7 Å². The molecule has 1 N–H and O–H groups in total. The van der Waals surface area contributed by atoms with Gasteiger partial charge < -0.3 is 14.8 Å². The third-order valence-electron chi connectivity index (χ3n) is 6.50. The lowest BCUT2D eigenvalue weighted by atomic mass is 9.77. The second-order valence-corrected chi connectivity index (χ2v) is 10.4. The molecule has 0 aliphatic carbocycles. The van der Waals surface area contributed by atoms with E-state index in [1.807, 2.05) is 39.8 Å². The second-order valence-electron chi connectivity index (χ2n) is 10.4. The highest BCUT2D eigenvalue weighted by atomic mass is 16.6. The lowest BCUT2D eigenvalue weighted by Gasteiger charge is -2.31. The van der Waals surface area contributed by atoms with Gasteiger partial charge in [-0.15, -0.1) is 0 Å². The summed E-state index contributed by atoms with van der Waals surface area (Å²) < 4.78 is 11.3. The summed E-state index contributed by atoms with van der Waals surface area (Å²) in [4.78, 5) is 25.3. The first-order valence-corrected chi connectivity index (χ1v) is 12.5. The number of cyclic esters (lactones) is 1. The molecule has 4 atom stereocenters. The summed E-state index contributed by atoms with van der Waals surface area (Å²) in [7, 11) is 0. The third kappa shape index (κ3) is 8.19. The van der Waals surface area contributed by atoms with Crippen molar-refractivity contribution in [1.82, 2.24) is 5.32 Å². The van der Waals surface area contributed by atoms with Crippen molar-refractivity contribution in [3.8, 4) is 0 Å². The van der Waals surface area contributed by atoms with E-state index in [9.17, 15) is 9.59 Å². The van der Waals surface area contributed by atoms with Crippen molar-refractivity contribution in [3.05, 3.63) is 71.8 Å². The van der Waals surface area contributed by atoms with Crippen LogP contribution in [0.1, 0.15) is 64.5 Å². The van der Waals surface area contributed by atoms with Crippen molar-refractivity contribution in [2.24, 2.45) is 11.8 Å². The minimum absolute atomic E-state index is 0.227. The summed E-state index contributed by atoms with van der Waals surface area (Å²) >= 11 is 0. The zero-order chi connectivity index (χ0) is 24.6. The molecule has 0 saturated carbocycles. The fourth-order valence-corrected chi connectivity index (χ4v) is 4.85. The molecule has 0 aromatic heterocycles. The molecule has 0 unspecified atom stereocenters. The number of hydrogen-bond donors (Lipinski definition) is 1. The maximum atomic E-state index is 13.0. The quantitative estimate of drug-likeness (QED) is 0.523. The molecule has 1 amide bonds. The molecular formula is C29H39NO4. The van der Waals surface area contributed by atoms with Crippen molar-refractivity contribution in [3.63, 3.8) is 0 Å². The van der Waals surface area contributed by atoms with Crippen LogP contribution in [-0.4, -0.2) is 29.8 Å². The molecule has 1 saturated heterocycles. The first-order chi connectivity index (χ1) is 16.2. The van der Waals surface area contributed by atoms with E-state index in [0.717, 1.165) is 32.1 Å². The fraction of sp³-hybridized carbons (Fsp3) is 0.517. The zero-order valence-electron chi connectivity index (χ0n) is 21.0. The SMILES string of the molecule is C[C@@H]1OC(=O)[C@@H](NC(=O)OC(C)(C)C)CCC[C@H](Cc2ccccc2)[C@H]1CCc1ccccc1. The average molecular weight is 466 g/mol. The maximum absolute atomic E-state index is 13.0. The van der Waals surface area contributed by atoms with Crippen LogP contribution in [0.25, 0.3) is 0 Å². The number of esters is 1. The summed E-state index contributed by atoms with van der Waals surface area (Å²) in [5.74, 6) is 0.238. The summed E-state index contributed by atoms with van der Waals surface area (Å²) in [5, 5.41) is 2.74. The van der Waals surface area contributed by atoms with Gasteiger partial charge in [-0.3, -0.25) is 0 Å². The first-order valence-electron chi connectivity index (χ1n) is 12.5. The summed E-state index contributed by atoms with van der Waals surface area (Å²) in [6.45, 7) is 7.42. The highest BCUT2D eigenvalue weighted by molar-refractivity contribution is 5.81. The summed E-state index contributed by atoms with van der Waals surface area (Å²) in [6, 6.07) is 20.3. The molecule has 1 fully saturated rings. The number of rotatable bonds is 6. The van der Waals surface area contributed by atoms with Gasteiger partial charge in [0.1, 0.15) is 17.7 Å². The predicted molar refractivity (Wildman–Crippen MR) is 134 cm³/mol. The number of carbonyl (C=O) groups is 2. The van der Waals surface area contributed by atoms with Gasteiger partial charge in [-0.2, -0.15) is 0 Å². The van der Waals surface area contributed by atoms with E-state index in [-0.39, 0.29) is 18.0 Å². The van der Waals surface area contributed by atoms with Gasteiger partial charge in [0.05, 0.1) is 0 Å². The molecule has 2 aromatic rings. The van der Waals surface area contributed by atoms with Crippen LogP contribution in [0, 0.1) is 11.8 Å². The van der Waals surface area contributed by atoms with E-state index >= 15 is 0 Å². The van der Waals surface area contributed by atoms with Crippen molar-refractivity contribution in [2.75, 3.05) is 0 Å². The van der Waals surface area contributed by atoms with Gasteiger partial charge in [0, 0.05) is 0 Å². The number of carbonyl (C=O) groups excluding carboxylic acids is 2. The first kappa shape index (κ1) is 25.8. The number of amides is 1. The molecule has 1 heterocycles. The van der Waals surface area contributed by atoms with Crippen LogP contribution >= 0.6 is 0 Å². The number of benzene rings is 2. The van der Waals surface area contributed by atoms with Gasteiger partial charge >= 0.3 is 12.1 Å². The van der Waals surface area contributed by atoms with Crippen LogP contribution in [0.15, 0.2) is 60.7 Å². The predicted octanol–water partition coefficient (Wildman–Crippen LogP) is 6.10. The molecule has 3 rings (SSSR count). The van der Waals surface area contributed by atoms with Crippen LogP contribution < -0.4 is 5.32 Å². The standard InChI is InChI=1S/C29H39NO4/c1-21-25(19-18-22-12-7-5-8-13-22)24(20-23-14-9-6-10-15-23)16-11-17-26(27(31)33-21)30-28(32)34-29(2,3)4/h5-10,12-15,21,24-26H,11,16-20H2,1-4H3,(H,30,32)/t21-,24+,25-,26-/m0/s1. The lowest BCUT2D eigenvalue weighted by molar-refractivity contribution is -0.154.